The Labute approximate surface area is 198 Å². The molecule has 172 valence electrons. The molecule has 2 N–H and O–H groups in total. The van der Waals surface area contributed by atoms with E-state index in [1.807, 2.05) is 36.4 Å². The number of benzene rings is 1. The van der Waals surface area contributed by atoms with Crippen molar-refractivity contribution in [2.45, 2.75) is 4.90 Å². The molecule has 0 atom stereocenters. The summed E-state index contributed by atoms with van der Waals surface area (Å²) in [6.07, 6.45) is 2.51. The van der Waals surface area contributed by atoms with E-state index in [2.05, 4.69) is 25.1 Å². The molecule has 0 radical (unpaired) electrons. The first-order chi connectivity index (χ1) is 16.3. The number of sulfonamides is 1. The van der Waals surface area contributed by atoms with Gasteiger partial charge in [-0.3, -0.25) is 14.2 Å². The van der Waals surface area contributed by atoms with Crippen LogP contribution in [0.3, 0.4) is 0 Å². The lowest BCUT2D eigenvalue weighted by atomic mass is 10.2. The topological polar surface area (TPSA) is 152 Å². The third-order valence-corrected chi connectivity index (χ3v) is 6.83. The highest BCUT2D eigenvalue weighted by molar-refractivity contribution is 7.92. The fraction of sp³-hybridized carbons (Fsp3) is 0.0952. The lowest BCUT2D eigenvalue weighted by molar-refractivity contribution is 0.102. The first-order valence-electron chi connectivity index (χ1n) is 9.63. The van der Waals surface area contributed by atoms with E-state index in [4.69, 9.17) is 4.74 Å². The zero-order valence-electron chi connectivity index (χ0n) is 17.9. The fourth-order valence-corrected chi connectivity index (χ4v) is 5.02. The number of methoxy groups -OCH3 is 1. The lowest BCUT2D eigenvalue weighted by Gasteiger charge is -2.13. The van der Waals surface area contributed by atoms with Crippen LogP contribution in [0.5, 0.6) is 5.88 Å². The molecule has 4 rings (SSSR count). The molecule has 0 aliphatic heterocycles. The number of carbonyl (C=O) groups is 1. The number of ether oxygens (including phenoxy) is 1. The lowest BCUT2D eigenvalue weighted by Crippen LogP contribution is -2.18. The number of nitriles is 1. The van der Waals surface area contributed by atoms with Gasteiger partial charge >= 0.3 is 0 Å². The van der Waals surface area contributed by atoms with Crippen LogP contribution >= 0.6 is 11.3 Å². The molecule has 3 aromatic heterocycles. The number of thiazole rings is 1. The molecule has 3 heterocycles. The van der Waals surface area contributed by atoms with Crippen molar-refractivity contribution in [3.05, 3.63) is 65.4 Å². The van der Waals surface area contributed by atoms with Crippen LogP contribution in [-0.2, 0) is 17.1 Å². The van der Waals surface area contributed by atoms with Crippen LogP contribution in [0, 0.1) is 11.3 Å². The van der Waals surface area contributed by atoms with Crippen molar-refractivity contribution in [2.75, 3.05) is 17.1 Å². The number of nitrogens with one attached hydrogen (secondary N) is 2. The standard InChI is InChI=1S/C21H17N7O4S2/c1-28-18(14(9-22)10-24-28)27-34(30,31)17-8-15(11-23-20(17)32-2)25-19(29)16-12-33-21(26-16)13-6-4-3-5-7-13/h3-8,10-12,27H,1-2H3,(H,25,29). The quantitative estimate of drug-likeness (QED) is 0.397. The van der Waals surface area contributed by atoms with Gasteiger partial charge in [-0.25, -0.2) is 18.4 Å². The molecule has 0 saturated carbocycles. The Morgan fingerprint density at radius 3 is 2.71 bits per heavy atom. The average Bonchev–Trinajstić information content (AvgIpc) is 3.47. The van der Waals surface area contributed by atoms with Gasteiger partial charge in [0.2, 0.25) is 5.88 Å². The second-order valence-corrected chi connectivity index (χ2v) is 9.35. The van der Waals surface area contributed by atoms with Crippen molar-refractivity contribution in [1.82, 2.24) is 19.7 Å². The van der Waals surface area contributed by atoms with Gasteiger partial charge in [0.05, 0.1) is 25.2 Å². The minimum absolute atomic E-state index is 0.0186. The third-order valence-electron chi connectivity index (χ3n) is 4.61. The number of pyridine rings is 1. The van der Waals surface area contributed by atoms with E-state index in [1.54, 1.807) is 5.38 Å². The maximum Gasteiger partial charge on any atom is 0.275 e. The molecular weight excluding hydrogens is 478 g/mol. The van der Waals surface area contributed by atoms with Gasteiger partial charge in [0.25, 0.3) is 15.9 Å². The van der Waals surface area contributed by atoms with E-state index in [0.717, 1.165) is 5.56 Å². The maximum atomic E-state index is 13.1. The molecule has 11 nitrogen and oxygen atoms in total. The fourth-order valence-electron chi connectivity index (χ4n) is 2.96. The highest BCUT2D eigenvalue weighted by Crippen LogP contribution is 2.28. The van der Waals surface area contributed by atoms with Crippen molar-refractivity contribution >= 4 is 38.8 Å². The van der Waals surface area contributed by atoms with E-state index in [9.17, 15) is 18.5 Å². The van der Waals surface area contributed by atoms with E-state index >= 15 is 0 Å². The van der Waals surface area contributed by atoms with E-state index in [1.165, 1.54) is 48.6 Å². The number of nitrogens with zero attached hydrogens (tertiary/aromatic N) is 5. The highest BCUT2D eigenvalue weighted by Gasteiger charge is 2.25. The van der Waals surface area contributed by atoms with Gasteiger partial charge in [-0.15, -0.1) is 11.3 Å². The number of amides is 1. The Morgan fingerprint density at radius 2 is 2.00 bits per heavy atom. The minimum atomic E-state index is -4.25. The SMILES string of the molecule is COc1ncc(NC(=O)c2csc(-c3ccccc3)n2)cc1S(=O)(=O)Nc1c(C#N)cnn1C. The van der Waals surface area contributed by atoms with Gasteiger partial charge in [-0.05, 0) is 6.07 Å². The number of anilines is 2. The monoisotopic (exact) mass is 495 g/mol. The van der Waals surface area contributed by atoms with Gasteiger partial charge in [0.1, 0.15) is 22.3 Å². The molecular formula is C21H17N7O4S2. The summed E-state index contributed by atoms with van der Waals surface area (Å²) >= 11 is 1.31. The smallest absolute Gasteiger partial charge is 0.275 e. The summed E-state index contributed by atoms with van der Waals surface area (Å²) in [7, 11) is -1.49. The van der Waals surface area contributed by atoms with Gasteiger partial charge in [-0.2, -0.15) is 10.4 Å². The summed E-state index contributed by atoms with van der Waals surface area (Å²) in [5.74, 6) is -0.735. The summed E-state index contributed by atoms with van der Waals surface area (Å²) in [6.45, 7) is 0. The first kappa shape index (κ1) is 22.9. The molecule has 1 amide bonds. The molecule has 0 fully saturated rings. The summed E-state index contributed by atoms with van der Waals surface area (Å²) in [4.78, 5) is 20.7. The van der Waals surface area contributed by atoms with Crippen LogP contribution < -0.4 is 14.8 Å². The van der Waals surface area contributed by atoms with Crippen molar-refractivity contribution < 1.29 is 17.9 Å². The van der Waals surface area contributed by atoms with Crippen molar-refractivity contribution in [1.29, 1.82) is 5.26 Å². The van der Waals surface area contributed by atoms with Crippen LogP contribution in [0.15, 0.2) is 59.1 Å². The van der Waals surface area contributed by atoms with E-state index in [0.29, 0.717) is 5.01 Å². The van der Waals surface area contributed by atoms with Gasteiger partial charge < -0.3 is 10.1 Å². The molecule has 13 heteroatoms. The molecule has 0 aliphatic rings. The van der Waals surface area contributed by atoms with E-state index in [-0.39, 0.29) is 33.5 Å². The van der Waals surface area contributed by atoms with Gasteiger partial charge in [-0.1, -0.05) is 30.3 Å². The van der Waals surface area contributed by atoms with Crippen molar-refractivity contribution in [3.8, 4) is 22.5 Å². The molecule has 0 spiro atoms. The van der Waals surface area contributed by atoms with Crippen molar-refractivity contribution in [2.24, 2.45) is 7.05 Å². The normalized spacial score (nSPS) is 11.0. The zero-order valence-corrected chi connectivity index (χ0v) is 19.5. The Balaban J connectivity index is 1.60. The highest BCUT2D eigenvalue weighted by atomic mass is 32.2. The van der Waals surface area contributed by atoms with Gasteiger partial charge in [0.15, 0.2) is 10.7 Å². The van der Waals surface area contributed by atoms with E-state index < -0.39 is 15.9 Å². The summed E-state index contributed by atoms with van der Waals surface area (Å²) < 4.78 is 34.8. The number of aryl methyl sites for hydroxylation is 1. The number of hydrogen-bond donors (Lipinski definition) is 2. The third kappa shape index (κ3) is 4.58. The molecule has 0 bridgehead atoms. The molecule has 0 aliphatic carbocycles. The second-order valence-electron chi connectivity index (χ2n) is 6.84. The molecule has 0 saturated heterocycles. The maximum absolute atomic E-state index is 13.1. The van der Waals surface area contributed by atoms with Crippen LogP contribution in [-0.4, -0.2) is 41.2 Å². The first-order valence-corrected chi connectivity index (χ1v) is 12.0. The Kier molecular flexibility index (Phi) is 6.26. The number of hydrogen-bond acceptors (Lipinski definition) is 9. The molecule has 34 heavy (non-hydrogen) atoms. The molecule has 0 unspecified atom stereocenters. The van der Waals surface area contributed by atoms with Crippen molar-refractivity contribution in [3.63, 3.8) is 0 Å². The molecule has 1 aromatic carbocycles. The second kappa shape index (κ2) is 9.30. The average molecular weight is 496 g/mol. The predicted octanol–water partition coefficient (Wildman–Crippen LogP) is 2.87. The van der Waals surface area contributed by atoms with Crippen LogP contribution in [0.4, 0.5) is 11.5 Å². The Morgan fingerprint density at radius 1 is 1.24 bits per heavy atom. The van der Waals surface area contributed by atoms with Crippen LogP contribution in [0.25, 0.3) is 10.6 Å². The number of carbonyl (C=O) groups excluding carboxylic acids is 1. The van der Waals surface area contributed by atoms with Crippen LogP contribution in [0.1, 0.15) is 16.1 Å². The number of rotatable bonds is 7. The zero-order chi connectivity index (χ0) is 24.3. The van der Waals surface area contributed by atoms with Crippen LogP contribution in [0.2, 0.25) is 0 Å². The van der Waals surface area contributed by atoms with Gasteiger partial charge in [0, 0.05) is 18.0 Å². The summed E-state index contributed by atoms with van der Waals surface area (Å²) in [5.41, 5.74) is 1.21. The summed E-state index contributed by atoms with van der Waals surface area (Å²) in [6, 6.07) is 12.5. The summed E-state index contributed by atoms with van der Waals surface area (Å²) in [5, 5.41) is 18.0. The Bertz CT molecular complexity index is 1510. The Hall–Kier alpha value is -4.28. The molecule has 4 aromatic rings. The number of aromatic nitrogens is 4. The predicted molar refractivity (Wildman–Crippen MR) is 125 cm³/mol. The largest absolute Gasteiger partial charge is 0.480 e. The minimum Gasteiger partial charge on any atom is -0.480 e.